The molecular weight excluding hydrogens is 436 g/mol. The number of aromatic nitrogens is 2. The average Bonchev–Trinajstić information content (AvgIpc) is 3.38. The zero-order valence-electron chi connectivity index (χ0n) is 19.7. The van der Waals surface area contributed by atoms with Crippen LogP contribution in [0.4, 0.5) is 0 Å². The number of aryl methyl sites for hydroxylation is 1. The van der Waals surface area contributed by atoms with Gasteiger partial charge >= 0.3 is 0 Å². The average molecular weight is 469 g/mol. The van der Waals surface area contributed by atoms with Crippen molar-refractivity contribution in [1.82, 2.24) is 19.2 Å². The highest BCUT2D eigenvalue weighted by Crippen LogP contribution is 2.36. The Morgan fingerprint density at radius 3 is 2.44 bits per heavy atom. The molecule has 1 aromatic heterocycles. The van der Waals surface area contributed by atoms with Crippen molar-refractivity contribution in [3.63, 3.8) is 0 Å². The van der Waals surface area contributed by atoms with Gasteiger partial charge in [0.05, 0.1) is 6.54 Å². The second-order valence-electron chi connectivity index (χ2n) is 9.05. The van der Waals surface area contributed by atoms with E-state index in [1.807, 2.05) is 12.4 Å². The number of nitrogens with zero attached hydrogens (tertiary/aromatic N) is 3. The van der Waals surface area contributed by atoms with Crippen molar-refractivity contribution in [3.05, 3.63) is 119 Å². The Morgan fingerprint density at radius 1 is 0.882 bits per heavy atom. The van der Waals surface area contributed by atoms with Crippen molar-refractivity contribution in [1.29, 1.82) is 0 Å². The molecule has 0 aliphatic heterocycles. The van der Waals surface area contributed by atoms with Crippen LogP contribution in [0.25, 0.3) is 0 Å². The summed E-state index contributed by atoms with van der Waals surface area (Å²) in [5.74, 6) is 1.03. The Morgan fingerprint density at radius 2 is 1.65 bits per heavy atom. The van der Waals surface area contributed by atoms with Gasteiger partial charge in [0.25, 0.3) is 0 Å². The maximum atomic E-state index is 4.52. The number of aromatic amines is 1. The van der Waals surface area contributed by atoms with E-state index < -0.39 is 0 Å². The van der Waals surface area contributed by atoms with E-state index in [2.05, 4.69) is 105 Å². The Hall–Kier alpha value is -2.86. The van der Waals surface area contributed by atoms with E-state index in [-0.39, 0.29) is 0 Å². The molecule has 5 heteroatoms. The molecule has 0 bridgehead atoms. The minimum atomic E-state index is 0.418. The van der Waals surface area contributed by atoms with Crippen LogP contribution in [-0.2, 0) is 26.1 Å². The third-order valence-corrected chi connectivity index (χ3v) is 7.43. The topological polar surface area (TPSA) is 35.2 Å². The van der Waals surface area contributed by atoms with E-state index in [1.54, 1.807) is 11.9 Å². The van der Waals surface area contributed by atoms with Crippen LogP contribution in [0.5, 0.6) is 0 Å². The van der Waals surface area contributed by atoms with Gasteiger partial charge in [0.2, 0.25) is 0 Å². The van der Waals surface area contributed by atoms with Crippen molar-refractivity contribution in [2.24, 2.45) is 0 Å². The molecule has 1 unspecified atom stereocenters. The molecule has 34 heavy (non-hydrogen) atoms. The lowest BCUT2D eigenvalue weighted by Gasteiger charge is -2.35. The van der Waals surface area contributed by atoms with Crippen molar-refractivity contribution in [3.8, 4) is 0 Å². The molecule has 0 saturated carbocycles. The summed E-state index contributed by atoms with van der Waals surface area (Å²) in [6.07, 6.45) is 7.37. The van der Waals surface area contributed by atoms with Crippen molar-refractivity contribution < 1.29 is 0 Å². The molecule has 1 aliphatic rings. The van der Waals surface area contributed by atoms with E-state index in [0.29, 0.717) is 6.04 Å². The van der Waals surface area contributed by atoms with E-state index in [1.165, 1.54) is 46.4 Å². The lowest BCUT2D eigenvalue weighted by Crippen LogP contribution is -2.31. The predicted octanol–water partition coefficient (Wildman–Crippen LogP) is 6.63. The van der Waals surface area contributed by atoms with Crippen LogP contribution in [0.3, 0.4) is 0 Å². The van der Waals surface area contributed by atoms with Gasteiger partial charge in [-0.15, -0.1) is 0 Å². The van der Waals surface area contributed by atoms with Crippen LogP contribution < -0.4 is 0 Å². The second kappa shape index (κ2) is 11.0. The van der Waals surface area contributed by atoms with Gasteiger partial charge in [-0.3, -0.25) is 4.90 Å². The summed E-state index contributed by atoms with van der Waals surface area (Å²) in [4.78, 5) is 11.7. The maximum Gasteiger partial charge on any atom is 0.120 e. The number of rotatable bonds is 9. The molecule has 0 saturated heterocycles. The summed E-state index contributed by atoms with van der Waals surface area (Å²) in [7, 11) is 2.15. The van der Waals surface area contributed by atoms with Crippen molar-refractivity contribution in [2.45, 2.75) is 49.8 Å². The molecule has 4 nitrogen and oxygen atoms in total. The number of H-pyrrole nitrogens is 1. The third-order valence-electron chi connectivity index (χ3n) is 6.50. The highest BCUT2D eigenvalue weighted by atomic mass is 32.2. The zero-order valence-corrected chi connectivity index (χ0v) is 20.5. The molecule has 174 valence electrons. The SMILES string of the molecule is CN(Cc1ccccc1)Sc1ccc(CN(Cc2ncc[nH]2)C2CCCc3ccccc32)cc1. The van der Waals surface area contributed by atoms with Gasteiger partial charge in [0.15, 0.2) is 0 Å². The second-order valence-corrected chi connectivity index (χ2v) is 10.3. The summed E-state index contributed by atoms with van der Waals surface area (Å²) in [5.41, 5.74) is 5.64. The highest BCUT2D eigenvalue weighted by molar-refractivity contribution is 7.97. The summed E-state index contributed by atoms with van der Waals surface area (Å²) in [6.45, 7) is 2.65. The van der Waals surface area contributed by atoms with E-state index in [4.69, 9.17) is 0 Å². The summed E-state index contributed by atoms with van der Waals surface area (Å²) in [5, 5.41) is 0. The molecule has 1 atom stereocenters. The highest BCUT2D eigenvalue weighted by Gasteiger charge is 2.26. The fourth-order valence-electron chi connectivity index (χ4n) is 4.90. The van der Waals surface area contributed by atoms with Gasteiger partial charge in [-0.05, 0) is 72.6 Å². The standard InChI is InChI=1S/C29H32N4S/c1-32(20-23-8-3-2-4-9-23)34-26-16-14-24(15-17-26)21-33(22-29-30-18-19-31-29)28-13-7-11-25-10-5-6-12-27(25)28/h2-6,8-10,12,14-19,28H,7,11,13,20-22H2,1H3,(H,30,31). The van der Waals surface area contributed by atoms with Crippen LogP contribution in [0, 0.1) is 0 Å². The molecule has 1 heterocycles. The Balaban J connectivity index is 1.29. The zero-order chi connectivity index (χ0) is 23.2. The van der Waals surface area contributed by atoms with Gasteiger partial charge in [0, 0.05) is 36.4 Å². The number of nitrogens with one attached hydrogen (secondary N) is 1. The van der Waals surface area contributed by atoms with Crippen LogP contribution >= 0.6 is 11.9 Å². The molecular formula is C29H32N4S. The quantitative estimate of drug-likeness (QED) is 0.280. The van der Waals surface area contributed by atoms with Crippen LogP contribution in [-0.4, -0.2) is 26.2 Å². The van der Waals surface area contributed by atoms with Crippen LogP contribution in [0.2, 0.25) is 0 Å². The van der Waals surface area contributed by atoms with Crippen LogP contribution in [0.15, 0.2) is 96.2 Å². The molecule has 0 fully saturated rings. The molecule has 0 amide bonds. The molecule has 1 N–H and O–H groups in total. The predicted molar refractivity (Wildman–Crippen MR) is 140 cm³/mol. The van der Waals surface area contributed by atoms with E-state index in [9.17, 15) is 0 Å². The first kappa shape index (κ1) is 22.9. The Bertz CT molecular complexity index is 1160. The Kier molecular flexibility index (Phi) is 7.44. The number of benzene rings is 3. The van der Waals surface area contributed by atoms with Crippen LogP contribution in [0.1, 0.15) is 47.0 Å². The minimum absolute atomic E-state index is 0.418. The lowest BCUT2D eigenvalue weighted by atomic mass is 9.86. The molecule has 4 aromatic rings. The van der Waals surface area contributed by atoms with Gasteiger partial charge in [-0.25, -0.2) is 9.29 Å². The normalized spacial score (nSPS) is 15.6. The third kappa shape index (κ3) is 5.79. The first-order valence-electron chi connectivity index (χ1n) is 12.1. The largest absolute Gasteiger partial charge is 0.348 e. The monoisotopic (exact) mass is 468 g/mol. The lowest BCUT2D eigenvalue weighted by molar-refractivity contribution is 0.157. The minimum Gasteiger partial charge on any atom is -0.348 e. The van der Waals surface area contributed by atoms with Gasteiger partial charge in [0.1, 0.15) is 5.82 Å². The van der Waals surface area contributed by atoms with Crippen molar-refractivity contribution >= 4 is 11.9 Å². The van der Waals surface area contributed by atoms with E-state index >= 15 is 0 Å². The first-order valence-corrected chi connectivity index (χ1v) is 12.8. The number of imidazole rings is 1. The summed E-state index contributed by atoms with van der Waals surface area (Å²) in [6, 6.07) is 29.1. The maximum absolute atomic E-state index is 4.52. The molecule has 0 radical (unpaired) electrons. The molecule has 3 aromatic carbocycles. The number of hydrogen-bond acceptors (Lipinski definition) is 4. The fraction of sp³-hybridized carbons (Fsp3) is 0.276. The van der Waals surface area contributed by atoms with Crippen molar-refractivity contribution in [2.75, 3.05) is 7.05 Å². The first-order chi connectivity index (χ1) is 16.7. The smallest absolute Gasteiger partial charge is 0.120 e. The molecule has 1 aliphatic carbocycles. The van der Waals surface area contributed by atoms with Gasteiger partial charge in [-0.2, -0.15) is 0 Å². The molecule has 5 rings (SSSR count). The number of hydrogen-bond donors (Lipinski definition) is 1. The summed E-state index contributed by atoms with van der Waals surface area (Å²) < 4.78 is 2.28. The van der Waals surface area contributed by atoms with Gasteiger partial charge < -0.3 is 4.98 Å². The fourth-order valence-corrected chi connectivity index (χ4v) is 5.73. The van der Waals surface area contributed by atoms with Gasteiger partial charge in [-0.1, -0.05) is 66.7 Å². The molecule has 0 spiro atoms. The Labute approximate surface area is 207 Å². The summed E-state index contributed by atoms with van der Waals surface area (Å²) >= 11 is 1.79. The number of fused-ring (bicyclic) bond motifs is 1. The van der Waals surface area contributed by atoms with E-state index in [0.717, 1.165) is 25.5 Å².